The van der Waals surface area contributed by atoms with Crippen molar-refractivity contribution in [1.29, 1.82) is 0 Å². The average Bonchev–Trinajstić information content (AvgIpc) is 2.55. The monoisotopic (exact) mass is 325 g/mol. The van der Waals surface area contributed by atoms with Crippen molar-refractivity contribution < 1.29 is 9.72 Å². The molecule has 0 spiro atoms. The Hall–Kier alpha value is -3.02. The van der Waals surface area contributed by atoms with Crippen LogP contribution in [0.1, 0.15) is 35.3 Å². The Labute approximate surface area is 140 Å². The molecule has 0 saturated heterocycles. The fourth-order valence-corrected chi connectivity index (χ4v) is 2.31. The molecular weight excluding hydrogens is 306 g/mol. The first-order valence-corrected chi connectivity index (χ1v) is 7.58. The summed E-state index contributed by atoms with van der Waals surface area (Å²) in [5.74, 6) is -0.270. The van der Waals surface area contributed by atoms with E-state index in [-0.39, 0.29) is 11.6 Å². The molecule has 0 aliphatic heterocycles. The van der Waals surface area contributed by atoms with Gasteiger partial charge in [0, 0.05) is 17.2 Å². The van der Waals surface area contributed by atoms with Crippen LogP contribution in [0.15, 0.2) is 53.6 Å². The molecule has 6 nitrogen and oxygen atoms in total. The summed E-state index contributed by atoms with van der Waals surface area (Å²) >= 11 is 0. The molecule has 0 aliphatic carbocycles. The zero-order valence-electron chi connectivity index (χ0n) is 13.8. The number of nitro benzene ring substituents is 1. The van der Waals surface area contributed by atoms with Crippen LogP contribution in [0, 0.1) is 23.0 Å². The summed E-state index contributed by atoms with van der Waals surface area (Å²) in [6.45, 7) is 5.59. The molecular formula is C18H19N3O3. The van der Waals surface area contributed by atoms with Gasteiger partial charge in [-0.3, -0.25) is 14.9 Å². The number of hydrogen-bond donors (Lipinski definition) is 1. The molecule has 2 aromatic rings. The summed E-state index contributed by atoms with van der Waals surface area (Å²) in [4.78, 5) is 22.6. The van der Waals surface area contributed by atoms with Gasteiger partial charge in [0.05, 0.1) is 10.6 Å². The molecule has 0 aromatic heterocycles. The van der Waals surface area contributed by atoms with E-state index in [1.807, 2.05) is 44.2 Å². The number of amides is 1. The normalized spacial score (nSPS) is 11.4. The van der Waals surface area contributed by atoms with Crippen molar-refractivity contribution in [2.24, 2.45) is 11.0 Å². The fourth-order valence-electron chi connectivity index (χ4n) is 2.31. The zero-order chi connectivity index (χ0) is 17.7. The molecule has 0 unspecified atom stereocenters. The Balaban J connectivity index is 2.22. The first-order valence-electron chi connectivity index (χ1n) is 7.58. The van der Waals surface area contributed by atoms with E-state index in [0.717, 1.165) is 11.3 Å². The van der Waals surface area contributed by atoms with E-state index in [2.05, 4.69) is 10.5 Å². The first kappa shape index (κ1) is 17.3. The summed E-state index contributed by atoms with van der Waals surface area (Å²) < 4.78 is 0. The number of aryl methyl sites for hydroxylation is 1. The number of carbonyl (C=O) groups is 1. The number of hydrogen-bond acceptors (Lipinski definition) is 4. The number of nitro groups is 1. The molecule has 1 N–H and O–H groups in total. The molecule has 24 heavy (non-hydrogen) atoms. The highest BCUT2D eigenvalue weighted by Crippen LogP contribution is 2.18. The van der Waals surface area contributed by atoms with E-state index in [1.165, 1.54) is 18.2 Å². The molecule has 0 atom stereocenters. The van der Waals surface area contributed by atoms with Gasteiger partial charge in [-0.05, 0) is 30.5 Å². The Kier molecular flexibility index (Phi) is 5.42. The standard InChI is InChI=1S/C18H19N3O3/c1-12(2)17(14-7-5-4-6-8-14)19-20-18(22)15-9-10-16(21(23)24)13(3)11-15/h4-12H,1-3H3,(H,20,22)/b19-17+. The van der Waals surface area contributed by atoms with Crippen LogP contribution in [0.5, 0.6) is 0 Å². The second-order valence-corrected chi connectivity index (χ2v) is 5.72. The third kappa shape index (κ3) is 4.04. The molecule has 124 valence electrons. The Morgan fingerprint density at radius 3 is 2.33 bits per heavy atom. The van der Waals surface area contributed by atoms with E-state index in [1.54, 1.807) is 6.92 Å². The van der Waals surface area contributed by atoms with E-state index in [4.69, 9.17) is 0 Å². The van der Waals surface area contributed by atoms with Gasteiger partial charge in [-0.25, -0.2) is 5.43 Å². The maximum Gasteiger partial charge on any atom is 0.272 e. The minimum atomic E-state index is -0.471. The molecule has 0 radical (unpaired) electrons. The Morgan fingerprint density at radius 2 is 1.79 bits per heavy atom. The second kappa shape index (κ2) is 7.50. The van der Waals surface area contributed by atoms with Gasteiger partial charge < -0.3 is 0 Å². The van der Waals surface area contributed by atoms with Crippen molar-refractivity contribution in [1.82, 2.24) is 5.43 Å². The van der Waals surface area contributed by atoms with Crippen molar-refractivity contribution >= 4 is 17.3 Å². The van der Waals surface area contributed by atoms with Gasteiger partial charge in [-0.15, -0.1) is 0 Å². The summed E-state index contributed by atoms with van der Waals surface area (Å²) in [5.41, 5.74) is 4.99. The predicted molar refractivity (Wildman–Crippen MR) is 93.1 cm³/mol. The second-order valence-electron chi connectivity index (χ2n) is 5.72. The van der Waals surface area contributed by atoms with Gasteiger partial charge in [0.1, 0.15) is 0 Å². The molecule has 0 bridgehead atoms. The van der Waals surface area contributed by atoms with E-state index in [9.17, 15) is 14.9 Å². The number of benzene rings is 2. The molecule has 0 saturated carbocycles. The van der Waals surface area contributed by atoms with Crippen molar-refractivity contribution in [3.05, 3.63) is 75.3 Å². The minimum absolute atomic E-state index is 0.0118. The smallest absolute Gasteiger partial charge is 0.267 e. The lowest BCUT2D eigenvalue weighted by molar-refractivity contribution is -0.385. The van der Waals surface area contributed by atoms with Crippen LogP contribution in [0.4, 0.5) is 5.69 Å². The van der Waals surface area contributed by atoms with E-state index < -0.39 is 10.8 Å². The van der Waals surface area contributed by atoms with Crippen LogP contribution >= 0.6 is 0 Å². The number of nitrogens with zero attached hydrogens (tertiary/aromatic N) is 2. The van der Waals surface area contributed by atoms with Crippen LogP contribution in [0.25, 0.3) is 0 Å². The summed E-state index contributed by atoms with van der Waals surface area (Å²) in [6, 6.07) is 13.8. The Bertz CT molecular complexity index is 783. The third-order valence-corrected chi connectivity index (χ3v) is 3.55. The van der Waals surface area contributed by atoms with E-state index in [0.29, 0.717) is 11.1 Å². The van der Waals surface area contributed by atoms with E-state index >= 15 is 0 Å². The topological polar surface area (TPSA) is 84.6 Å². The van der Waals surface area contributed by atoms with Gasteiger partial charge in [-0.2, -0.15) is 5.10 Å². The summed E-state index contributed by atoms with van der Waals surface area (Å²) in [7, 11) is 0. The summed E-state index contributed by atoms with van der Waals surface area (Å²) in [5, 5.41) is 15.1. The molecule has 0 aliphatic rings. The lowest BCUT2D eigenvalue weighted by Gasteiger charge is -2.11. The maximum absolute atomic E-state index is 12.2. The molecule has 0 heterocycles. The maximum atomic E-state index is 12.2. The highest BCUT2D eigenvalue weighted by Gasteiger charge is 2.14. The fraction of sp³-hybridized carbons (Fsp3) is 0.222. The number of nitrogens with one attached hydrogen (secondary N) is 1. The van der Waals surface area contributed by atoms with Gasteiger partial charge in [-0.1, -0.05) is 44.2 Å². The summed E-state index contributed by atoms with van der Waals surface area (Å²) in [6.07, 6.45) is 0. The van der Waals surface area contributed by atoms with Crippen molar-refractivity contribution in [2.75, 3.05) is 0 Å². The van der Waals surface area contributed by atoms with Crippen LogP contribution < -0.4 is 5.43 Å². The molecule has 1 amide bonds. The molecule has 2 aromatic carbocycles. The van der Waals surface area contributed by atoms with Gasteiger partial charge in [0.25, 0.3) is 11.6 Å². The minimum Gasteiger partial charge on any atom is -0.267 e. The predicted octanol–water partition coefficient (Wildman–Crippen LogP) is 3.69. The highest BCUT2D eigenvalue weighted by molar-refractivity contribution is 6.03. The third-order valence-electron chi connectivity index (χ3n) is 3.55. The van der Waals surface area contributed by atoms with Gasteiger partial charge in [0.15, 0.2) is 0 Å². The molecule has 0 fully saturated rings. The quantitative estimate of drug-likeness (QED) is 0.517. The highest BCUT2D eigenvalue weighted by atomic mass is 16.6. The number of rotatable bonds is 5. The van der Waals surface area contributed by atoms with Crippen LogP contribution in [0.2, 0.25) is 0 Å². The first-order chi connectivity index (χ1) is 11.4. The van der Waals surface area contributed by atoms with Crippen molar-refractivity contribution in [3.8, 4) is 0 Å². The van der Waals surface area contributed by atoms with Gasteiger partial charge in [0.2, 0.25) is 0 Å². The van der Waals surface area contributed by atoms with Crippen LogP contribution in [-0.2, 0) is 0 Å². The van der Waals surface area contributed by atoms with Gasteiger partial charge >= 0.3 is 0 Å². The largest absolute Gasteiger partial charge is 0.272 e. The zero-order valence-corrected chi connectivity index (χ0v) is 13.8. The molecule has 6 heteroatoms. The van der Waals surface area contributed by atoms with Crippen molar-refractivity contribution in [2.45, 2.75) is 20.8 Å². The number of carbonyl (C=O) groups excluding carboxylic acids is 1. The average molecular weight is 325 g/mol. The van der Waals surface area contributed by atoms with Crippen LogP contribution in [0.3, 0.4) is 0 Å². The molecule has 2 rings (SSSR count). The number of hydrazone groups is 1. The van der Waals surface area contributed by atoms with Crippen LogP contribution in [-0.4, -0.2) is 16.5 Å². The Morgan fingerprint density at radius 1 is 1.12 bits per heavy atom. The lowest BCUT2D eigenvalue weighted by atomic mass is 10.0. The lowest BCUT2D eigenvalue weighted by Crippen LogP contribution is -2.22. The SMILES string of the molecule is Cc1cc(C(=O)N/N=C(/c2ccccc2)C(C)C)ccc1[N+](=O)[O-]. The van der Waals surface area contributed by atoms with Crippen molar-refractivity contribution in [3.63, 3.8) is 0 Å².